The number of hydrogen-bond acceptors (Lipinski definition) is 3. The van der Waals surface area contributed by atoms with E-state index in [0.717, 1.165) is 11.4 Å². The van der Waals surface area contributed by atoms with Gasteiger partial charge < -0.3 is 16.0 Å². The maximum absolute atomic E-state index is 12.4. The Labute approximate surface area is 135 Å². The average molecular weight is 310 g/mol. The molecule has 1 unspecified atom stereocenters. The number of aromatic nitrogens is 2. The number of carbonyl (C=O) groups is 1. The topological polar surface area (TPSA) is 83.8 Å². The van der Waals surface area contributed by atoms with E-state index in [9.17, 15) is 4.79 Å². The summed E-state index contributed by atoms with van der Waals surface area (Å²) in [6.07, 6.45) is 8.54. The molecule has 1 heterocycles. The van der Waals surface area contributed by atoms with E-state index in [1.54, 1.807) is 12.4 Å². The number of benzene rings is 1. The Morgan fingerprint density at radius 3 is 2.61 bits per heavy atom. The van der Waals surface area contributed by atoms with Crippen LogP contribution in [0.5, 0.6) is 0 Å². The van der Waals surface area contributed by atoms with E-state index >= 15 is 0 Å². The predicted octanol–water partition coefficient (Wildman–Crippen LogP) is 2.33. The van der Waals surface area contributed by atoms with Gasteiger partial charge in [-0.05, 0) is 36.8 Å². The van der Waals surface area contributed by atoms with Crippen LogP contribution in [0, 0.1) is 10.8 Å². The fourth-order valence-corrected chi connectivity index (χ4v) is 4.08. The first-order valence-corrected chi connectivity index (χ1v) is 8.26. The lowest BCUT2D eigenvalue weighted by atomic mass is 9.75. The van der Waals surface area contributed by atoms with Crippen molar-refractivity contribution in [2.45, 2.75) is 25.7 Å². The summed E-state index contributed by atoms with van der Waals surface area (Å²) in [6.45, 7) is 1.37. The summed E-state index contributed by atoms with van der Waals surface area (Å²) in [4.78, 5) is 19.6. The molecule has 5 heteroatoms. The van der Waals surface area contributed by atoms with Gasteiger partial charge in [0.2, 0.25) is 0 Å². The Balaban J connectivity index is 1.40. The Bertz CT molecular complexity index is 703. The van der Waals surface area contributed by atoms with Gasteiger partial charge in [-0.3, -0.25) is 4.79 Å². The van der Waals surface area contributed by atoms with E-state index in [1.807, 2.05) is 24.3 Å². The van der Waals surface area contributed by atoms with Gasteiger partial charge in [-0.15, -0.1) is 0 Å². The van der Waals surface area contributed by atoms with Crippen molar-refractivity contribution in [2.24, 2.45) is 16.6 Å². The molecular formula is C18H22N4O. The fraction of sp³-hybridized carbons (Fsp3) is 0.444. The van der Waals surface area contributed by atoms with Crippen molar-refractivity contribution in [1.29, 1.82) is 0 Å². The third-order valence-electron chi connectivity index (χ3n) is 5.88. The summed E-state index contributed by atoms with van der Waals surface area (Å²) in [6, 6.07) is 7.51. The van der Waals surface area contributed by atoms with E-state index < -0.39 is 0 Å². The standard InChI is InChI=1S/C18H22N4O/c19-11-18(10-17(18)6-1-7-17)12-22-16(23)14-4-2-13(3-5-14)15-20-8-9-21-15/h2-5,8-9H,1,6-7,10-12,19H2,(H,20,21)(H,22,23). The molecule has 4 rings (SSSR count). The van der Waals surface area contributed by atoms with Crippen molar-refractivity contribution in [2.75, 3.05) is 13.1 Å². The molecule has 23 heavy (non-hydrogen) atoms. The highest BCUT2D eigenvalue weighted by atomic mass is 16.1. The molecule has 1 aromatic heterocycles. The number of nitrogens with two attached hydrogens (primary N) is 1. The molecule has 0 aliphatic heterocycles. The molecule has 4 N–H and O–H groups in total. The molecule has 2 aliphatic carbocycles. The Morgan fingerprint density at radius 1 is 1.30 bits per heavy atom. The Morgan fingerprint density at radius 2 is 2.09 bits per heavy atom. The van der Waals surface area contributed by atoms with Gasteiger partial charge in [0.25, 0.3) is 5.91 Å². The number of amides is 1. The molecular weight excluding hydrogens is 288 g/mol. The number of imidazole rings is 1. The van der Waals surface area contributed by atoms with E-state index in [1.165, 1.54) is 25.7 Å². The van der Waals surface area contributed by atoms with Crippen LogP contribution in [0.2, 0.25) is 0 Å². The molecule has 1 atom stereocenters. The first kappa shape index (κ1) is 14.5. The number of hydrogen-bond donors (Lipinski definition) is 3. The van der Waals surface area contributed by atoms with Gasteiger partial charge >= 0.3 is 0 Å². The molecule has 0 saturated heterocycles. The van der Waals surface area contributed by atoms with Crippen molar-refractivity contribution in [3.63, 3.8) is 0 Å². The molecule has 5 nitrogen and oxygen atoms in total. The minimum atomic E-state index is -0.0230. The van der Waals surface area contributed by atoms with Crippen molar-refractivity contribution in [1.82, 2.24) is 15.3 Å². The van der Waals surface area contributed by atoms with Crippen molar-refractivity contribution in [3.8, 4) is 11.4 Å². The van der Waals surface area contributed by atoms with E-state index in [0.29, 0.717) is 24.1 Å². The SMILES string of the molecule is NCC1(CNC(=O)c2ccc(-c3ncc[nH]3)cc2)CC12CCC2. The van der Waals surface area contributed by atoms with E-state index in [2.05, 4.69) is 15.3 Å². The highest BCUT2D eigenvalue weighted by molar-refractivity contribution is 5.94. The quantitative estimate of drug-likeness (QED) is 0.792. The van der Waals surface area contributed by atoms with Crippen LogP contribution in [0.3, 0.4) is 0 Å². The minimum Gasteiger partial charge on any atom is -0.351 e. The lowest BCUT2D eigenvalue weighted by Gasteiger charge is -2.32. The molecule has 120 valence electrons. The molecule has 1 amide bonds. The highest BCUT2D eigenvalue weighted by Crippen LogP contribution is 2.73. The van der Waals surface area contributed by atoms with Crippen molar-refractivity contribution >= 4 is 5.91 Å². The van der Waals surface area contributed by atoms with Gasteiger partial charge in [0.15, 0.2) is 0 Å². The summed E-state index contributed by atoms with van der Waals surface area (Å²) in [5.41, 5.74) is 8.23. The molecule has 0 bridgehead atoms. The monoisotopic (exact) mass is 310 g/mol. The van der Waals surface area contributed by atoms with Crippen LogP contribution in [-0.4, -0.2) is 29.0 Å². The number of H-pyrrole nitrogens is 1. The number of nitrogens with one attached hydrogen (secondary N) is 2. The lowest BCUT2D eigenvalue weighted by molar-refractivity contribution is 0.0933. The third kappa shape index (κ3) is 2.27. The second-order valence-electron chi connectivity index (χ2n) is 6.99. The van der Waals surface area contributed by atoms with Gasteiger partial charge in [-0.2, -0.15) is 0 Å². The lowest BCUT2D eigenvalue weighted by Crippen LogP contribution is -2.39. The zero-order valence-corrected chi connectivity index (χ0v) is 13.1. The van der Waals surface area contributed by atoms with Gasteiger partial charge in [-0.25, -0.2) is 4.98 Å². The first-order valence-electron chi connectivity index (χ1n) is 8.26. The van der Waals surface area contributed by atoms with Crippen LogP contribution in [-0.2, 0) is 0 Å². The molecule has 2 aromatic rings. The van der Waals surface area contributed by atoms with Crippen LogP contribution in [0.25, 0.3) is 11.4 Å². The Hall–Kier alpha value is -2.14. The highest BCUT2D eigenvalue weighted by Gasteiger charge is 2.68. The zero-order valence-electron chi connectivity index (χ0n) is 13.1. The number of nitrogens with zero attached hydrogens (tertiary/aromatic N) is 1. The third-order valence-corrected chi connectivity index (χ3v) is 5.88. The molecule has 1 aromatic carbocycles. The predicted molar refractivity (Wildman–Crippen MR) is 88.7 cm³/mol. The minimum absolute atomic E-state index is 0.0230. The number of rotatable bonds is 5. The fourth-order valence-electron chi connectivity index (χ4n) is 4.08. The largest absolute Gasteiger partial charge is 0.351 e. The van der Waals surface area contributed by atoms with Crippen LogP contribution < -0.4 is 11.1 Å². The maximum Gasteiger partial charge on any atom is 0.251 e. The van der Waals surface area contributed by atoms with Gasteiger partial charge in [-0.1, -0.05) is 18.6 Å². The van der Waals surface area contributed by atoms with Crippen LogP contribution in [0.15, 0.2) is 36.7 Å². The first-order chi connectivity index (χ1) is 11.2. The van der Waals surface area contributed by atoms with Gasteiger partial charge in [0.1, 0.15) is 5.82 Å². The van der Waals surface area contributed by atoms with Crippen molar-refractivity contribution in [3.05, 3.63) is 42.2 Å². The average Bonchev–Trinajstić information content (AvgIpc) is 2.95. The molecule has 2 aliphatic rings. The summed E-state index contributed by atoms with van der Waals surface area (Å²) in [5, 5.41) is 3.09. The van der Waals surface area contributed by atoms with Crippen LogP contribution in [0.1, 0.15) is 36.0 Å². The van der Waals surface area contributed by atoms with Crippen LogP contribution >= 0.6 is 0 Å². The Kier molecular flexibility index (Phi) is 3.27. The number of carbonyl (C=O) groups excluding carboxylic acids is 1. The maximum atomic E-state index is 12.4. The summed E-state index contributed by atoms with van der Waals surface area (Å²) in [5.74, 6) is 0.786. The second-order valence-corrected chi connectivity index (χ2v) is 6.99. The van der Waals surface area contributed by atoms with E-state index in [4.69, 9.17) is 5.73 Å². The number of aromatic amines is 1. The zero-order chi connectivity index (χ0) is 15.9. The second kappa shape index (κ2) is 5.20. The summed E-state index contributed by atoms with van der Waals surface area (Å²) < 4.78 is 0. The van der Waals surface area contributed by atoms with Gasteiger partial charge in [0, 0.05) is 42.0 Å². The van der Waals surface area contributed by atoms with Crippen LogP contribution in [0.4, 0.5) is 0 Å². The van der Waals surface area contributed by atoms with Crippen molar-refractivity contribution < 1.29 is 4.79 Å². The normalized spacial score (nSPS) is 24.2. The summed E-state index contributed by atoms with van der Waals surface area (Å²) in [7, 11) is 0. The summed E-state index contributed by atoms with van der Waals surface area (Å²) >= 11 is 0. The molecule has 2 saturated carbocycles. The smallest absolute Gasteiger partial charge is 0.251 e. The molecule has 2 fully saturated rings. The molecule has 1 spiro atoms. The van der Waals surface area contributed by atoms with Gasteiger partial charge in [0.05, 0.1) is 0 Å². The van der Waals surface area contributed by atoms with E-state index in [-0.39, 0.29) is 11.3 Å². The molecule has 0 radical (unpaired) electrons.